The van der Waals surface area contributed by atoms with Gasteiger partial charge in [0.2, 0.25) is 5.28 Å². The Morgan fingerprint density at radius 3 is 2.43 bits per heavy atom. The Labute approximate surface area is 123 Å². The molecule has 0 atom stereocenters. The second-order valence-electron chi connectivity index (χ2n) is 4.51. The summed E-state index contributed by atoms with van der Waals surface area (Å²) in [5.74, 6) is -1.97. The average molecular weight is 307 g/mol. The number of hydrogen-bond donors (Lipinski definition) is 0. The van der Waals surface area contributed by atoms with Crippen LogP contribution in [0.25, 0.3) is 22.4 Å². The van der Waals surface area contributed by atoms with Crippen LogP contribution >= 0.6 is 11.6 Å². The molecular formula is C14H9ClF2N4. The topological polar surface area (TPSA) is 51.6 Å². The number of benzene rings is 1. The van der Waals surface area contributed by atoms with Gasteiger partial charge in [0.05, 0.1) is 11.4 Å². The Kier molecular flexibility index (Phi) is 3.25. The van der Waals surface area contributed by atoms with Crippen LogP contribution in [0.5, 0.6) is 0 Å². The SMILES string of the molecule is Cc1nc2nc(Cl)nc(-c3cccc(F)c3F)c2nc1C. The van der Waals surface area contributed by atoms with E-state index in [1.165, 1.54) is 12.1 Å². The first-order chi connectivity index (χ1) is 9.97. The van der Waals surface area contributed by atoms with E-state index in [4.69, 9.17) is 11.6 Å². The third kappa shape index (κ3) is 2.31. The average Bonchev–Trinajstić information content (AvgIpc) is 2.43. The first-order valence-corrected chi connectivity index (χ1v) is 6.48. The first kappa shape index (κ1) is 13.8. The highest BCUT2D eigenvalue weighted by Gasteiger charge is 2.18. The minimum absolute atomic E-state index is 0.0261. The van der Waals surface area contributed by atoms with Gasteiger partial charge in [-0.15, -0.1) is 0 Å². The molecular weight excluding hydrogens is 298 g/mol. The highest BCUT2D eigenvalue weighted by atomic mass is 35.5. The first-order valence-electron chi connectivity index (χ1n) is 6.10. The van der Waals surface area contributed by atoms with Crippen molar-refractivity contribution in [3.63, 3.8) is 0 Å². The van der Waals surface area contributed by atoms with Crippen molar-refractivity contribution in [3.8, 4) is 11.3 Å². The maximum atomic E-state index is 14.0. The van der Waals surface area contributed by atoms with Crippen molar-refractivity contribution in [3.05, 3.63) is 46.5 Å². The Bertz CT molecular complexity index is 867. The number of rotatable bonds is 1. The number of fused-ring (bicyclic) bond motifs is 1. The zero-order chi connectivity index (χ0) is 15.1. The third-order valence-electron chi connectivity index (χ3n) is 3.12. The van der Waals surface area contributed by atoms with Crippen LogP contribution in [0.2, 0.25) is 5.28 Å². The quantitative estimate of drug-likeness (QED) is 0.644. The molecule has 0 N–H and O–H groups in total. The third-order valence-corrected chi connectivity index (χ3v) is 3.29. The van der Waals surface area contributed by atoms with Gasteiger partial charge in [-0.05, 0) is 37.6 Å². The van der Waals surface area contributed by atoms with E-state index in [2.05, 4.69) is 19.9 Å². The molecule has 2 aromatic heterocycles. The maximum absolute atomic E-state index is 14.0. The van der Waals surface area contributed by atoms with Crippen molar-refractivity contribution in [2.45, 2.75) is 13.8 Å². The minimum atomic E-state index is -1.01. The number of nitrogens with zero attached hydrogens (tertiary/aromatic N) is 4. The molecule has 7 heteroatoms. The summed E-state index contributed by atoms with van der Waals surface area (Å²) in [6.45, 7) is 3.54. The van der Waals surface area contributed by atoms with Crippen LogP contribution in [0, 0.1) is 25.5 Å². The highest BCUT2D eigenvalue weighted by Crippen LogP contribution is 2.28. The fourth-order valence-electron chi connectivity index (χ4n) is 1.96. The standard InChI is InChI=1S/C14H9ClF2N4/c1-6-7(2)19-13-12(18-6)11(20-14(15)21-13)8-4-3-5-9(16)10(8)17/h3-5H,1-2H3. The zero-order valence-electron chi connectivity index (χ0n) is 11.2. The van der Waals surface area contributed by atoms with Crippen LogP contribution in [0.1, 0.15) is 11.4 Å². The van der Waals surface area contributed by atoms with Gasteiger partial charge < -0.3 is 0 Å². The van der Waals surface area contributed by atoms with Crippen LogP contribution in [-0.4, -0.2) is 19.9 Å². The summed E-state index contributed by atoms with van der Waals surface area (Å²) in [6, 6.07) is 3.84. The van der Waals surface area contributed by atoms with Gasteiger partial charge in [-0.2, -0.15) is 4.98 Å². The molecule has 4 nitrogen and oxygen atoms in total. The Balaban J connectivity index is 2.41. The van der Waals surface area contributed by atoms with Crippen LogP contribution in [0.4, 0.5) is 8.78 Å². The fourth-order valence-corrected chi connectivity index (χ4v) is 2.12. The number of aryl methyl sites for hydroxylation is 2. The molecule has 3 aromatic rings. The van der Waals surface area contributed by atoms with Gasteiger partial charge in [-0.3, -0.25) is 0 Å². The minimum Gasteiger partial charge on any atom is -0.246 e. The van der Waals surface area contributed by atoms with Crippen LogP contribution in [-0.2, 0) is 0 Å². The summed E-state index contributed by atoms with van der Waals surface area (Å²) in [6.07, 6.45) is 0. The molecule has 21 heavy (non-hydrogen) atoms. The van der Waals surface area contributed by atoms with Gasteiger partial charge >= 0.3 is 0 Å². The molecule has 0 aliphatic carbocycles. The summed E-state index contributed by atoms with van der Waals surface area (Å²) in [5.41, 5.74) is 1.97. The van der Waals surface area contributed by atoms with Gasteiger partial charge in [-0.1, -0.05) is 6.07 Å². The molecule has 0 saturated heterocycles. The molecule has 0 saturated carbocycles. The van der Waals surface area contributed by atoms with Crippen LogP contribution < -0.4 is 0 Å². The van der Waals surface area contributed by atoms with E-state index >= 15 is 0 Å². The molecule has 2 heterocycles. The van der Waals surface area contributed by atoms with Crippen molar-refractivity contribution in [2.75, 3.05) is 0 Å². The Hall–Kier alpha value is -2.21. The number of halogens is 3. The Morgan fingerprint density at radius 2 is 1.67 bits per heavy atom. The van der Waals surface area contributed by atoms with E-state index in [9.17, 15) is 8.78 Å². The molecule has 3 rings (SSSR count). The van der Waals surface area contributed by atoms with Crippen molar-refractivity contribution in [1.82, 2.24) is 19.9 Å². The van der Waals surface area contributed by atoms with Crippen molar-refractivity contribution in [1.29, 1.82) is 0 Å². The largest absolute Gasteiger partial charge is 0.246 e. The predicted octanol–water partition coefficient (Wildman–Crippen LogP) is 3.64. The molecule has 0 radical (unpaired) electrons. The van der Waals surface area contributed by atoms with Gasteiger partial charge in [0.15, 0.2) is 17.3 Å². The van der Waals surface area contributed by atoms with E-state index in [1.54, 1.807) is 13.8 Å². The molecule has 0 amide bonds. The summed E-state index contributed by atoms with van der Waals surface area (Å²) in [4.78, 5) is 16.6. The van der Waals surface area contributed by atoms with Gasteiger partial charge in [0, 0.05) is 5.56 Å². The summed E-state index contributed by atoms with van der Waals surface area (Å²) >= 11 is 5.85. The van der Waals surface area contributed by atoms with E-state index in [-0.39, 0.29) is 27.7 Å². The molecule has 0 unspecified atom stereocenters. The molecule has 0 aliphatic rings. The summed E-state index contributed by atoms with van der Waals surface area (Å²) < 4.78 is 27.4. The lowest BCUT2D eigenvalue weighted by Crippen LogP contribution is -2.01. The summed E-state index contributed by atoms with van der Waals surface area (Å²) in [7, 11) is 0. The molecule has 1 aromatic carbocycles. The lowest BCUT2D eigenvalue weighted by molar-refractivity contribution is 0.511. The van der Waals surface area contributed by atoms with Crippen LogP contribution in [0.15, 0.2) is 18.2 Å². The van der Waals surface area contributed by atoms with E-state index in [0.717, 1.165) is 6.07 Å². The predicted molar refractivity (Wildman–Crippen MR) is 75.0 cm³/mol. The number of hydrogen-bond acceptors (Lipinski definition) is 4. The van der Waals surface area contributed by atoms with Gasteiger partial charge in [0.1, 0.15) is 11.2 Å². The highest BCUT2D eigenvalue weighted by molar-refractivity contribution is 6.28. The Morgan fingerprint density at radius 1 is 0.952 bits per heavy atom. The van der Waals surface area contributed by atoms with Crippen molar-refractivity contribution >= 4 is 22.8 Å². The van der Waals surface area contributed by atoms with E-state index < -0.39 is 11.6 Å². The smallest absolute Gasteiger partial charge is 0.225 e. The van der Waals surface area contributed by atoms with Gasteiger partial charge in [-0.25, -0.2) is 23.7 Å². The van der Waals surface area contributed by atoms with Gasteiger partial charge in [0.25, 0.3) is 0 Å². The summed E-state index contributed by atoms with van der Waals surface area (Å²) in [5, 5.41) is -0.0984. The van der Waals surface area contributed by atoms with E-state index in [1.807, 2.05) is 0 Å². The molecule has 106 valence electrons. The molecule has 0 fully saturated rings. The van der Waals surface area contributed by atoms with E-state index in [0.29, 0.717) is 11.4 Å². The van der Waals surface area contributed by atoms with Crippen molar-refractivity contribution in [2.24, 2.45) is 0 Å². The lowest BCUT2D eigenvalue weighted by atomic mass is 10.1. The second kappa shape index (κ2) is 4.96. The fraction of sp³-hybridized carbons (Fsp3) is 0.143. The molecule has 0 spiro atoms. The number of aromatic nitrogens is 4. The second-order valence-corrected chi connectivity index (χ2v) is 4.85. The maximum Gasteiger partial charge on any atom is 0.225 e. The van der Waals surface area contributed by atoms with Crippen molar-refractivity contribution < 1.29 is 8.78 Å². The molecule has 0 aliphatic heterocycles. The molecule has 0 bridgehead atoms. The lowest BCUT2D eigenvalue weighted by Gasteiger charge is -2.08. The zero-order valence-corrected chi connectivity index (χ0v) is 11.9. The monoisotopic (exact) mass is 306 g/mol. The normalized spacial score (nSPS) is 11.1. The van der Waals surface area contributed by atoms with Crippen LogP contribution in [0.3, 0.4) is 0 Å².